The summed E-state index contributed by atoms with van der Waals surface area (Å²) in [5.74, 6) is -0.627. The third kappa shape index (κ3) is 6.02. The van der Waals surface area contributed by atoms with Gasteiger partial charge in [0.25, 0.3) is 11.1 Å². The van der Waals surface area contributed by atoms with Crippen LogP contribution in [0.3, 0.4) is 0 Å². The van der Waals surface area contributed by atoms with E-state index in [1.807, 2.05) is 4.90 Å². The Morgan fingerprint density at radius 1 is 1.03 bits per heavy atom. The zero-order chi connectivity index (χ0) is 23.6. The SMILES string of the molecule is O=C1NC(=O)/C(=C/c2cc(C(F)(F)F)cc(Cl)c2N2CCN(CCN3CCOCC3)CC2)S1. The van der Waals surface area contributed by atoms with Gasteiger partial charge in [-0.25, -0.2) is 0 Å². The standard InChI is InChI=1S/C21H24ClF3N4O3S/c22-16-13-15(21(23,24)25)11-14(12-17-19(30)26-20(31)33-17)18(16)29-5-3-27(4-6-29)1-2-28-7-9-32-10-8-28/h11-13H,1-10H2,(H,26,30,31)/b17-12-. The molecule has 3 aliphatic heterocycles. The molecule has 1 aromatic rings. The molecule has 0 unspecified atom stereocenters. The van der Waals surface area contributed by atoms with Crippen LogP contribution in [0.15, 0.2) is 17.0 Å². The molecule has 0 bridgehead atoms. The molecule has 0 aromatic heterocycles. The number of hydrogen-bond donors (Lipinski definition) is 1. The number of carbonyl (C=O) groups excluding carboxylic acids is 2. The number of imide groups is 1. The Bertz CT molecular complexity index is 945. The minimum Gasteiger partial charge on any atom is -0.379 e. The molecular formula is C21H24ClF3N4O3S. The van der Waals surface area contributed by atoms with Gasteiger partial charge in [0.15, 0.2) is 0 Å². The summed E-state index contributed by atoms with van der Waals surface area (Å²) in [6, 6.07) is 1.90. The lowest BCUT2D eigenvalue weighted by Gasteiger charge is -2.38. The van der Waals surface area contributed by atoms with Crippen LogP contribution in [0.5, 0.6) is 0 Å². The summed E-state index contributed by atoms with van der Waals surface area (Å²) in [7, 11) is 0. The van der Waals surface area contributed by atoms with E-state index in [9.17, 15) is 22.8 Å². The summed E-state index contributed by atoms with van der Waals surface area (Å²) in [5.41, 5.74) is -0.288. The molecule has 0 saturated carbocycles. The third-order valence-electron chi connectivity index (χ3n) is 5.87. The van der Waals surface area contributed by atoms with Crippen LogP contribution in [0.4, 0.5) is 23.7 Å². The minimum absolute atomic E-state index is 0.0341. The van der Waals surface area contributed by atoms with E-state index in [0.717, 1.165) is 64.6 Å². The van der Waals surface area contributed by atoms with E-state index in [1.54, 1.807) is 0 Å². The van der Waals surface area contributed by atoms with Crippen molar-refractivity contribution < 1.29 is 27.5 Å². The number of carbonyl (C=O) groups is 2. The number of alkyl halides is 3. The predicted octanol–water partition coefficient (Wildman–Crippen LogP) is 3.14. The average molecular weight is 505 g/mol. The molecular weight excluding hydrogens is 481 g/mol. The van der Waals surface area contributed by atoms with Crippen LogP contribution in [-0.2, 0) is 15.7 Å². The maximum absolute atomic E-state index is 13.4. The van der Waals surface area contributed by atoms with Crippen LogP contribution < -0.4 is 10.2 Å². The van der Waals surface area contributed by atoms with Crippen molar-refractivity contribution in [2.75, 3.05) is 70.5 Å². The number of nitrogens with zero attached hydrogens (tertiary/aromatic N) is 3. The molecule has 3 aliphatic rings. The number of anilines is 1. The Morgan fingerprint density at radius 3 is 2.24 bits per heavy atom. The molecule has 12 heteroatoms. The summed E-state index contributed by atoms with van der Waals surface area (Å²) < 4.78 is 45.6. The molecule has 33 heavy (non-hydrogen) atoms. The highest BCUT2D eigenvalue weighted by Crippen LogP contribution is 2.40. The molecule has 3 fully saturated rings. The van der Waals surface area contributed by atoms with Gasteiger partial charge in [0.05, 0.1) is 34.4 Å². The van der Waals surface area contributed by atoms with Crippen LogP contribution in [0, 0.1) is 0 Å². The fourth-order valence-corrected chi connectivity index (χ4v) is 5.11. The molecule has 0 radical (unpaired) electrons. The molecule has 7 nitrogen and oxygen atoms in total. The highest BCUT2D eigenvalue weighted by Gasteiger charge is 2.34. The van der Waals surface area contributed by atoms with E-state index in [4.69, 9.17) is 16.3 Å². The fraction of sp³-hybridized carbons (Fsp3) is 0.524. The van der Waals surface area contributed by atoms with Gasteiger partial charge in [-0.3, -0.25) is 24.7 Å². The normalized spacial score (nSPS) is 22.3. The monoisotopic (exact) mass is 504 g/mol. The first-order valence-corrected chi connectivity index (χ1v) is 11.8. The lowest BCUT2D eigenvalue weighted by Crippen LogP contribution is -2.49. The van der Waals surface area contributed by atoms with Crippen LogP contribution in [0.2, 0.25) is 5.02 Å². The number of halogens is 4. The van der Waals surface area contributed by atoms with Crippen molar-refractivity contribution >= 4 is 46.3 Å². The van der Waals surface area contributed by atoms with Crippen LogP contribution in [-0.4, -0.2) is 86.5 Å². The van der Waals surface area contributed by atoms with Crippen molar-refractivity contribution in [3.05, 3.63) is 33.2 Å². The highest BCUT2D eigenvalue weighted by atomic mass is 35.5. The van der Waals surface area contributed by atoms with Gasteiger partial charge in [-0.1, -0.05) is 11.6 Å². The van der Waals surface area contributed by atoms with E-state index in [-0.39, 0.29) is 15.5 Å². The Hall–Kier alpha value is -1.79. The van der Waals surface area contributed by atoms with Crippen molar-refractivity contribution in [2.45, 2.75) is 6.18 Å². The van der Waals surface area contributed by atoms with Crippen molar-refractivity contribution in [3.8, 4) is 0 Å². The largest absolute Gasteiger partial charge is 0.416 e. The van der Waals surface area contributed by atoms with E-state index in [2.05, 4.69) is 15.1 Å². The van der Waals surface area contributed by atoms with Gasteiger partial charge >= 0.3 is 6.18 Å². The summed E-state index contributed by atoms with van der Waals surface area (Å²) >= 11 is 7.01. The molecule has 0 aliphatic carbocycles. The fourth-order valence-electron chi connectivity index (χ4n) is 4.09. The lowest BCUT2D eigenvalue weighted by atomic mass is 10.0. The molecule has 3 heterocycles. The number of rotatable bonds is 5. The number of benzene rings is 1. The maximum atomic E-state index is 13.4. The summed E-state index contributed by atoms with van der Waals surface area (Å²) in [6.07, 6.45) is -3.28. The number of piperazine rings is 1. The van der Waals surface area contributed by atoms with Gasteiger partial charge in [0.1, 0.15) is 0 Å². The minimum atomic E-state index is -4.59. The molecule has 0 spiro atoms. The Morgan fingerprint density at radius 2 is 1.67 bits per heavy atom. The van der Waals surface area contributed by atoms with E-state index in [0.29, 0.717) is 30.5 Å². The average Bonchev–Trinajstić information content (AvgIpc) is 3.09. The summed E-state index contributed by atoms with van der Waals surface area (Å²) in [5, 5.41) is 1.53. The first kappa shape index (κ1) is 24.3. The second-order valence-electron chi connectivity index (χ2n) is 8.03. The van der Waals surface area contributed by atoms with Crippen LogP contribution in [0.1, 0.15) is 11.1 Å². The van der Waals surface area contributed by atoms with E-state index < -0.39 is 22.9 Å². The van der Waals surface area contributed by atoms with E-state index in [1.165, 1.54) is 6.08 Å². The first-order valence-electron chi connectivity index (χ1n) is 10.6. The molecule has 1 aromatic carbocycles. The zero-order valence-electron chi connectivity index (χ0n) is 17.8. The van der Waals surface area contributed by atoms with Crippen molar-refractivity contribution in [1.82, 2.24) is 15.1 Å². The van der Waals surface area contributed by atoms with Crippen LogP contribution >= 0.6 is 23.4 Å². The quantitative estimate of drug-likeness (QED) is 0.618. The number of amides is 2. The summed E-state index contributed by atoms with van der Waals surface area (Å²) in [4.78, 5) is 30.2. The van der Waals surface area contributed by atoms with Gasteiger partial charge in [0.2, 0.25) is 0 Å². The Balaban J connectivity index is 1.51. The van der Waals surface area contributed by atoms with Crippen molar-refractivity contribution in [1.29, 1.82) is 0 Å². The smallest absolute Gasteiger partial charge is 0.379 e. The summed E-state index contributed by atoms with van der Waals surface area (Å²) in [6.45, 7) is 7.86. The number of hydrogen-bond acceptors (Lipinski definition) is 7. The molecule has 0 atom stereocenters. The third-order valence-corrected chi connectivity index (χ3v) is 6.97. The predicted molar refractivity (Wildman–Crippen MR) is 121 cm³/mol. The number of thioether (sulfide) groups is 1. The maximum Gasteiger partial charge on any atom is 0.416 e. The number of morpholine rings is 1. The topological polar surface area (TPSA) is 65.1 Å². The lowest BCUT2D eigenvalue weighted by molar-refractivity contribution is -0.137. The Labute approximate surface area is 198 Å². The van der Waals surface area contributed by atoms with Gasteiger partial charge in [-0.2, -0.15) is 13.2 Å². The van der Waals surface area contributed by atoms with Gasteiger partial charge in [0, 0.05) is 57.9 Å². The highest BCUT2D eigenvalue weighted by molar-refractivity contribution is 8.18. The second kappa shape index (κ2) is 10.2. The number of nitrogens with one attached hydrogen (secondary N) is 1. The van der Waals surface area contributed by atoms with E-state index >= 15 is 0 Å². The zero-order valence-corrected chi connectivity index (χ0v) is 19.4. The molecule has 2 amide bonds. The van der Waals surface area contributed by atoms with Gasteiger partial charge < -0.3 is 9.64 Å². The van der Waals surface area contributed by atoms with Crippen molar-refractivity contribution in [3.63, 3.8) is 0 Å². The van der Waals surface area contributed by atoms with Crippen LogP contribution in [0.25, 0.3) is 6.08 Å². The first-order chi connectivity index (χ1) is 15.7. The molecule has 180 valence electrons. The number of ether oxygens (including phenoxy) is 1. The van der Waals surface area contributed by atoms with Gasteiger partial charge in [-0.05, 0) is 30.0 Å². The van der Waals surface area contributed by atoms with Gasteiger partial charge in [-0.15, -0.1) is 0 Å². The molecule has 1 N–H and O–H groups in total. The Kier molecular flexibility index (Phi) is 7.54. The molecule has 3 saturated heterocycles. The molecule has 4 rings (SSSR count). The second-order valence-corrected chi connectivity index (χ2v) is 9.45. The van der Waals surface area contributed by atoms with Crippen molar-refractivity contribution in [2.24, 2.45) is 0 Å².